The number of carbonyl (C=O) groups is 2. The molecule has 0 radical (unpaired) electrons. The summed E-state index contributed by atoms with van der Waals surface area (Å²) in [6.07, 6.45) is 0.118. The molecule has 1 aliphatic rings. The van der Waals surface area contributed by atoms with Crippen molar-refractivity contribution in [1.29, 1.82) is 0 Å². The molecule has 2 amide bonds. The molecule has 29 heavy (non-hydrogen) atoms. The molecule has 0 aromatic heterocycles. The molecule has 1 unspecified atom stereocenters. The van der Waals surface area contributed by atoms with Crippen LogP contribution in [0.2, 0.25) is 0 Å². The number of rotatable bonds is 5. The molecule has 2 aromatic rings. The van der Waals surface area contributed by atoms with Crippen LogP contribution in [0.25, 0.3) is 0 Å². The summed E-state index contributed by atoms with van der Waals surface area (Å²) in [6, 6.07) is 14.0. The lowest BCUT2D eigenvalue weighted by Gasteiger charge is -2.11. The van der Waals surface area contributed by atoms with Crippen molar-refractivity contribution in [2.24, 2.45) is 4.99 Å². The zero-order chi connectivity index (χ0) is 21.1. The van der Waals surface area contributed by atoms with E-state index in [-0.39, 0.29) is 18.2 Å². The van der Waals surface area contributed by atoms with E-state index in [0.717, 1.165) is 22.5 Å². The van der Waals surface area contributed by atoms with Gasteiger partial charge in [-0.1, -0.05) is 49.9 Å². The van der Waals surface area contributed by atoms with Crippen molar-refractivity contribution in [3.63, 3.8) is 0 Å². The van der Waals surface area contributed by atoms with Gasteiger partial charge in [-0.2, -0.15) is 0 Å². The summed E-state index contributed by atoms with van der Waals surface area (Å²) in [6.45, 7) is 8.23. The molecule has 2 aromatic carbocycles. The molecule has 152 valence electrons. The first-order valence-electron chi connectivity index (χ1n) is 9.74. The molecule has 3 rings (SSSR count). The third-order valence-electron chi connectivity index (χ3n) is 4.96. The van der Waals surface area contributed by atoms with E-state index in [0.29, 0.717) is 11.1 Å². The summed E-state index contributed by atoms with van der Waals surface area (Å²) in [5.41, 5.74) is 4.92. The van der Waals surface area contributed by atoms with Crippen LogP contribution in [-0.2, 0) is 9.59 Å². The second-order valence-corrected chi connectivity index (χ2v) is 8.88. The quantitative estimate of drug-likeness (QED) is 0.754. The number of nitrogens with one attached hydrogen (secondary N) is 1. The maximum absolute atomic E-state index is 12.6. The molecule has 1 aliphatic heterocycles. The van der Waals surface area contributed by atoms with Crippen LogP contribution in [0.15, 0.2) is 47.5 Å². The Bertz CT molecular complexity index is 951. The van der Waals surface area contributed by atoms with Gasteiger partial charge in [0.25, 0.3) is 0 Å². The van der Waals surface area contributed by atoms with E-state index in [2.05, 4.69) is 36.3 Å². The molecular formula is C23H27N3O2S. The highest BCUT2D eigenvalue weighted by Gasteiger charge is 2.37. The van der Waals surface area contributed by atoms with E-state index in [1.54, 1.807) is 7.05 Å². The van der Waals surface area contributed by atoms with E-state index >= 15 is 0 Å². The minimum absolute atomic E-state index is 0.0938. The molecule has 1 atom stereocenters. The van der Waals surface area contributed by atoms with Crippen LogP contribution in [0.1, 0.15) is 42.9 Å². The fourth-order valence-electron chi connectivity index (χ4n) is 3.08. The number of hydrogen-bond acceptors (Lipinski definition) is 4. The van der Waals surface area contributed by atoms with Gasteiger partial charge in [-0.25, -0.2) is 4.99 Å². The van der Waals surface area contributed by atoms with Gasteiger partial charge in [0.05, 0.1) is 5.69 Å². The highest BCUT2D eigenvalue weighted by molar-refractivity contribution is 8.15. The number of carbonyl (C=O) groups excluding carboxylic acids is 2. The second-order valence-electron chi connectivity index (χ2n) is 7.72. The average molecular weight is 410 g/mol. The van der Waals surface area contributed by atoms with Crippen LogP contribution in [0.3, 0.4) is 0 Å². The maximum Gasteiger partial charge on any atom is 0.242 e. The van der Waals surface area contributed by atoms with Gasteiger partial charge in [0.15, 0.2) is 5.17 Å². The summed E-state index contributed by atoms with van der Waals surface area (Å²) in [5.74, 6) is 0.200. The van der Waals surface area contributed by atoms with E-state index in [4.69, 9.17) is 0 Å². The van der Waals surface area contributed by atoms with E-state index in [1.165, 1.54) is 22.2 Å². The predicted octanol–water partition coefficient (Wildman–Crippen LogP) is 5.02. The molecule has 1 heterocycles. The maximum atomic E-state index is 12.6. The molecule has 0 spiro atoms. The number of amidine groups is 1. The van der Waals surface area contributed by atoms with Crippen molar-refractivity contribution >= 4 is 40.1 Å². The minimum Gasteiger partial charge on any atom is -0.326 e. The Labute approximate surface area is 176 Å². The second kappa shape index (κ2) is 8.82. The summed E-state index contributed by atoms with van der Waals surface area (Å²) >= 11 is 1.34. The standard InChI is InChI=1S/C23H27N3O2S/c1-14(2)17-8-10-18(11-9-17)24-23-26(5)22(28)20(29-23)13-21(27)25-19-12-15(3)6-7-16(19)4/h6-12,14,20H,13H2,1-5H3,(H,25,27). The van der Waals surface area contributed by atoms with Crippen molar-refractivity contribution in [3.05, 3.63) is 59.2 Å². The molecule has 0 saturated carbocycles. The number of amides is 2. The SMILES string of the molecule is Cc1ccc(C)c(NC(=O)CC2SC(=Nc3ccc(C(C)C)cc3)N(C)C2=O)c1. The zero-order valence-corrected chi connectivity index (χ0v) is 18.3. The Hall–Kier alpha value is -2.60. The molecule has 1 N–H and O–H groups in total. The third-order valence-corrected chi connectivity index (χ3v) is 6.19. The van der Waals surface area contributed by atoms with Crippen molar-refractivity contribution in [1.82, 2.24) is 4.90 Å². The van der Waals surface area contributed by atoms with Crippen LogP contribution in [-0.4, -0.2) is 34.2 Å². The summed E-state index contributed by atoms with van der Waals surface area (Å²) < 4.78 is 0. The van der Waals surface area contributed by atoms with Crippen LogP contribution >= 0.6 is 11.8 Å². The normalized spacial score (nSPS) is 18.0. The van der Waals surface area contributed by atoms with Gasteiger partial charge in [-0.05, 0) is 54.7 Å². The number of thioether (sulfide) groups is 1. The van der Waals surface area contributed by atoms with Crippen molar-refractivity contribution < 1.29 is 9.59 Å². The zero-order valence-electron chi connectivity index (χ0n) is 17.5. The number of aliphatic imine (C=N–C) groups is 1. The van der Waals surface area contributed by atoms with Crippen LogP contribution in [0, 0.1) is 13.8 Å². The average Bonchev–Trinajstić information content (AvgIpc) is 2.93. The predicted molar refractivity (Wildman–Crippen MR) is 121 cm³/mol. The Kier molecular flexibility index (Phi) is 6.42. The third kappa shape index (κ3) is 5.07. The first-order valence-corrected chi connectivity index (χ1v) is 10.6. The van der Waals surface area contributed by atoms with Gasteiger partial charge in [0, 0.05) is 19.2 Å². The lowest BCUT2D eigenvalue weighted by atomic mass is 10.0. The van der Waals surface area contributed by atoms with Crippen LogP contribution in [0.5, 0.6) is 0 Å². The lowest BCUT2D eigenvalue weighted by Crippen LogP contribution is -2.30. The molecule has 0 bridgehead atoms. The number of anilines is 1. The molecule has 0 aliphatic carbocycles. The van der Waals surface area contributed by atoms with E-state index in [9.17, 15) is 9.59 Å². The first-order chi connectivity index (χ1) is 13.7. The molecular weight excluding hydrogens is 382 g/mol. The lowest BCUT2D eigenvalue weighted by molar-refractivity contribution is -0.127. The number of benzene rings is 2. The minimum atomic E-state index is -0.459. The largest absolute Gasteiger partial charge is 0.326 e. The van der Waals surface area contributed by atoms with Gasteiger partial charge in [0.1, 0.15) is 5.25 Å². The number of hydrogen-bond donors (Lipinski definition) is 1. The highest BCUT2D eigenvalue weighted by Crippen LogP contribution is 2.31. The summed E-state index contributed by atoms with van der Waals surface area (Å²) in [5, 5.41) is 3.09. The smallest absolute Gasteiger partial charge is 0.242 e. The van der Waals surface area contributed by atoms with Gasteiger partial charge < -0.3 is 5.32 Å². The Morgan fingerprint density at radius 1 is 1.17 bits per heavy atom. The fourth-order valence-corrected chi connectivity index (χ4v) is 4.24. The Morgan fingerprint density at radius 2 is 1.86 bits per heavy atom. The molecule has 1 fully saturated rings. The van der Waals surface area contributed by atoms with E-state index in [1.807, 2.05) is 44.2 Å². The topological polar surface area (TPSA) is 61.8 Å². The molecule has 6 heteroatoms. The van der Waals surface area contributed by atoms with Crippen LogP contribution in [0.4, 0.5) is 11.4 Å². The number of aryl methyl sites for hydroxylation is 2. The van der Waals surface area contributed by atoms with Gasteiger partial charge >= 0.3 is 0 Å². The monoisotopic (exact) mass is 409 g/mol. The van der Waals surface area contributed by atoms with Crippen molar-refractivity contribution in [3.8, 4) is 0 Å². The Balaban J connectivity index is 1.68. The van der Waals surface area contributed by atoms with Crippen LogP contribution < -0.4 is 5.32 Å². The van der Waals surface area contributed by atoms with Crippen molar-refractivity contribution in [2.75, 3.05) is 12.4 Å². The molecule has 5 nitrogen and oxygen atoms in total. The van der Waals surface area contributed by atoms with Crippen molar-refractivity contribution in [2.45, 2.75) is 45.3 Å². The number of nitrogens with zero attached hydrogens (tertiary/aromatic N) is 2. The summed E-state index contributed by atoms with van der Waals surface area (Å²) in [7, 11) is 1.71. The van der Waals surface area contributed by atoms with Gasteiger partial charge in [0.2, 0.25) is 11.8 Å². The molecule has 1 saturated heterocycles. The van der Waals surface area contributed by atoms with Gasteiger partial charge in [-0.3, -0.25) is 14.5 Å². The first kappa shape index (κ1) is 21.1. The van der Waals surface area contributed by atoms with Gasteiger partial charge in [-0.15, -0.1) is 0 Å². The highest BCUT2D eigenvalue weighted by atomic mass is 32.2. The Morgan fingerprint density at radius 3 is 2.52 bits per heavy atom. The summed E-state index contributed by atoms with van der Waals surface area (Å²) in [4.78, 5) is 31.3. The van der Waals surface area contributed by atoms with E-state index < -0.39 is 5.25 Å². The fraction of sp³-hybridized carbons (Fsp3) is 0.348.